The Kier molecular flexibility index (Phi) is 3.11. The van der Waals surface area contributed by atoms with Gasteiger partial charge in [0.25, 0.3) is 5.91 Å². The molecule has 2 aromatic heterocycles. The van der Waals surface area contributed by atoms with Crippen molar-refractivity contribution in [2.24, 2.45) is 0 Å². The third-order valence-electron chi connectivity index (χ3n) is 3.37. The number of carbonyl (C=O) groups excluding carboxylic acids is 1. The van der Waals surface area contributed by atoms with Crippen LogP contribution in [0.5, 0.6) is 0 Å². The van der Waals surface area contributed by atoms with Gasteiger partial charge in [-0.3, -0.25) is 9.48 Å². The van der Waals surface area contributed by atoms with Gasteiger partial charge in [0.15, 0.2) is 0 Å². The topological polar surface area (TPSA) is 60.1 Å². The highest BCUT2D eigenvalue weighted by atomic mass is 16.3. The second-order valence-electron chi connectivity index (χ2n) is 4.90. The molecule has 0 radical (unpaired) electrons. The molecule has 0 bridgehead atoms. The summed E-state index contributed by atoms with van der Waals surface area (Å²) >= 11 is 0. The summed E-state index contributed by atoms with van der Waals surface area (Å²) in [6.45, 7) is 3.20. The van der Waals surface area contributed by atoms with Crippen LogP contribution < -0.4 is 5.32 Å². The summed E-state index contributed by atoms with van der Waals surface area (Å²) in [6.07, 6.45) is 3.33. The number of hydrogen-bond acceptors (Lipinski definition) is 3. The molecule has 0 fully saturated rings. The fraction of sp³-hybridized carbons (Fsp3) is 0.429. The van der Waals surface area contributed by atoms with E-state index in [1.807, 2.05) is 29.8 Å². The molecule has 2 aromatic rings. The number of aromatic nitrogens is 2. The van der Waals surface area contributed by atoms with Gasteiger partial charge in [-0.15, -0.1) is 0 Å². The van der Waals surface area contributed by atoms with Gasteiger partial charge in [-0.05, 0) is 44.4 Å². The van der Waals surface area contributed by atoms with Gasteiger partial charge in [-0.1, -0.05) is 0 Å². The van der Waals surface area contributed by atoms with Crippen LogP contribution in [0.4, 0.5) is 0 Å². The lowest BCUT2D eigenvalue weighted by Gasteiger charge is -2.11. The number of furan rings is 1. The Morgan fingerprint density at radius 3 is 3.11 bits per heavy atom. The van der Waals surface area contributed by atoms with Crippen molar-refractivity contribution in [2.75, 3.05) is 0 Å². The Hall–Kier alpha value is -2.04. The van der Waals surface area contributed by atoms with E-state index in [0.29, 0.717) is 12.2 Å². The highest BCUT2D eigenvalue weighted by molar-refractivity contribution is 5.92. The normalized spacial score (nSPS) is 14.2. The second kappa shape index (κ2) is 4.91. The van der Waals surface area contributed by atoms with Crippen molar-refractivity contribution in [1.82, 2.24) is 15.1 Å². The van der Waals surface area contributed by atoms with E-state index in [1.54, 1.807) is 0 Å². The molecule has 0 aliphatic carbocycles. The Morgan fingerprint density at radius 1 is 1.47 bits per heavy atom. The van der Waals surface area contributed by atoms with Gasteiger partial charge >= 0.3 is 0 Å². The molecular formula is C14H17N3O2. The monoisotopic (exact) mass is 259 g/mol. The Morgan fingerprint density at radius 2 is 2.37 bits per heavy atom. The summed E-state index contributed by atoms with van der Waals surface area (Å²) in [7, 11) is 0. The zero-order valence-corrected chi connectivity index (χ0v) is 11.0. The molecule has 0 spiro atoms. The maximum atomic E-state index is 12.0. The number of aryl methyl sites for hydroxylation is 3. The van der Waals surface area contributed by atoms with Crippen LogP contribution in [0.3, 0.4) is 0 Å². The summed E-state index contributed by atoms with van der Waals surface area (Å²) < 4.78 is 7.35. The molecular weight excluding hydrogens is 242 g/mol. The molecule has 19 heavy (non-hydrogen) atoms. The highest BCUT2D eigenvalue weighted by Crippen LogP contribution is 2.15. The van der Waals surface area contributed by atoms with Gasteiger partial charge < -0.3 is 9.73 Å². The zero-order valence-electron chi connectivity index (χ0n) is 11.0. The molecule has 0 saturated carbocycles. The van der Waals surface area contributed by atoms with Crippen molar-refractivity contribution in [2.45, 2.75) is 39.3 Å². The van der Waals surface area contributed by atoms with E-state index in [0.717, 1.165) is 36.6 Å². The molecule has 0 atom stereocenters. The van der Waals surface area contributed by atoms with E-state index < -0.39 is 0 Å². The van der Waals surface area contributed by atoms with Crippen LogP contribution >= 0.6 is 0 Å². The molecule has 3 rings (SSSR count). The van der Waals surface area contributed by atoms with Crippen molar-refractivity contribution in [3.05, 3.63) is 41.1 Å². The van der Waals surface area contributed by atoms with Gasteiger partial charge in [0.1, 0.15) is 17.2 Å². The fourth-order valence-corrected chi connectivity index (χ4v) is 2.37. The quantitative estimate of drug-likeness (QED) is 0.917. The number of rotatable bonds is 3. The molecule has 3 heterocycles. The molecule has 5 nitrogen and oxygen atoms in total. The first-order valence-corrected chi connectivity index (χ1v) is 6.62. The molecule has 0 saturated heterocycles. The number of nitrogens with zero attached hydrogens (tertiary/aromatic N) is 2. The number of amides is 1. The van der Waals surface area contributed by atoms with Crippen molar-refractivity contribution >= 4 is 5.91 Å². The number of fused-ring (bicyclic) bond motifs is 1. The van der Waals surface area contributed by atoms with E-state index in [-0.39, 0.29) is 5.91 Å². The lowest BCUT2D eigenvalue weighted by molar-refractivity contribution is 0.0942. The third kappa shape index (κ3) is 2.54. The van der Waals surface area contributed by atoms with Crippen LogP contribution in [0.2, 0.25) is 0 Å². The zero-order chi connectivity index (χ0) is 13.2. The van der Waals surface area contributed by atoms with E-state index in [9.17, 15) is 4.79 Å². The number of hydrogen-bond donors (Lipinski definition) is 1. The van der Waals surface area contributed by atoms with Crippen LogP contribution in [-0.2, 0) is 19.5 Å². The van der Waals surface area contributed by atoms with Crippen LogP contribution in [0, 0.1) is 6.92 Å². The smallest absolute Gasteiger partial charge is 0.272 e. The minimum atomic E-state index is -0.143. The van der Waals surface area contributed by atoms with Crippen LogP contribution in [0.1, 0.15) is 40.5 Å². The fourth-order valence-electron chi connectivity index (χ4n) is 2.37. The van der Waals surface area contributed by atoms with Crippen LogP contribution in [-0.4, -0.2) is 15.7 Å². The first kappa shape index (κ1) is 12.0. The second-order valence-corrected chi connectivity index (χ2v) is 4.90. The molecule has 100 valence electrons. The predicted octanol–water partition coefficient (Wildman–Crippen LogP) is 2.05. The first-order chi connectivity index (χ1) is 9.22. The Balaban J connectivity index is 1.65. The van der Waals surface area contributed by atoms with E-state index in [1.165, 1.54) is 6.42 Å². The summed E-state index contributed by atoms with van der Waals surface area (Å²) in [5.74, 6) is 1.47. The van der Waals surface area contributed by atoms with Crippen molar-refractivity contribution in [3.8, 4) is 0 Å². The predicted molar refractivity (Wildman–Crippen MR) is 69.8 cm³/mol. The van der Waals surface area contributed by atoms with E-state index >= 15 is 0 Å². The summed E-state index contributed by atoms with van der Waals surface area (Å²) in [5, 5.41) is 7.17. The summed E-state index contributed by atoms with van der Waals surface area (Å²) in [4.78, 5) is 12.0. The van der Waals surface area contributed by atoms with Gasteiger partial charge in [0, 0.05) is 12.2 Å². The SMILES string of the molecule is Cc1ccc(CNC(=O)c2cc3n(n2)CCCC3)o1. The van der Waals surface area contributed by atoms with Gasteiger partial charge in [-0.25, -0.2) is 0 Å². The Bertz CT molecular complexity index is 574. The lowest BCUT2D eigenvalue weighted by Crippen LogP contribution is -2.23. The summed E-state index contributed by atoms with van der Waals surface area (Å²) in [6, 6.07) is 5.65. The molecule has 1 amide bonds. The number of nitrogens with one attached hydrogen (secondary N) is 1. The molecule has 0 unspecified atom stereocenters. The van der Waals surface area contributed by atoms with Gasteiger partial charge in [0.2, 0.25) is 0 Å². The maximum absolute atomic E-state index is 12.0. The van der Waals surface area contributed by atoms with Crippen LogP contribution in [0.25, 0.3) is 0 Å². The Labute approximate surface area is 111 Å². The van der Waals surface area contributed by atoms with E-state index in [4.69, 9.17) is 4.42 Å². The van der Waals surface area contributed by atoms with Crippen molar-refractivity contribution in [3.63, 3.8) is 0 Å². The first-order valence-electron chi connectivity index (χ1n) is 6.62. The van der Waals surface area contributed by atoms with E-state index in [2.05, 4.69) is 10.4 Å². The van der Waals surface area contributed by atoms with Crippen molar-refractivity contribution in [1.29, 1.82) is 0 Å². The molecule has 1 N–H and O–H groups in total. The number of carbonyl (C=O) groups is 1. The molecule has 1 aliphatic rings. The van der Waals surface area contributed by atoms with Gasteiger partial charge in [-0.2, -0.15) is 5.10 Å². The third-order valence-corrected chi connectivity index (χ3v) is 3.37. The minimum Gasteiger partial charge on any atom is -0.465 e. The summed E-state index contributed by atoms with van der Waals surface area (Å²) in [5.41, 5.74) is 1.66. The minimum absolute atomic E-state index is 0.143. The van der Waals surface area contributed by atoms with Gasteiger partial charge in [0.05, 0.1) is 6.54 Å². The lowest BCUT2D eigenvalue weighted by atomic mass is 10.1. The maximum Gasteiger partial charge on any atom is 0.272 e. The standard InChI is InChI=1S/C14H17N3O2/c1-10-5-6-12(19-10)9-15-14(18)13-8-11-4-2-3-7-17(11)16-13/h5-6,8H,2-4,7,9H2,1H3,(H,15,18). The molecule has 5 heteroatoms. The highest BCUT2D eigenvalue weighted by Gasteiger charge is 2.16. The van der Waals surface area contributed by atoms with Crippen LogP contribution in [0.15, 0.2) is 22.6 Å². The average molecular weight is 259 g/mol. The largest absolute Gasteiger partial charge is 0.465 e. The molecule has 0 aromatic carbocycles. The van der Waals surface area contributed by atoms with Crippen molar-refractivity contribution < 1.29 is 9.21 Å². The molecule has 1 aliphatic heterocycles. The average Bonchev–Trinajstić information content (AvgIpc) is 3.01.